The van der Waals surface area contributed by atoms with Crippen LogP contribution in [0, 0.1) is 0 Å². The van der Waals surface area contributed by atoms with Gasteiger partial charge in [0.1, 0.15) is 0 Å². The van der Waals surface area contributed by atoms with Gasteiger partial charge in [-0.15, -0.1) is 0 Å². The van der Waals surface area contributed by atoms with Crippen molar-refractivity contribution in [2.45, 2.75) is 25.3 Å². The number of hydrogen-bond acceptors (Lipinski definition) is 2. The van der Waals surface area contributed by atoms with Gasteiger partial charge >= 0.3 is 0 Å². The first-order chi connectivity index (χ1) is 8.93. The van der Waals surface area contributed by atoms with Crippen molar-refractivity contribution in [1.82, 2.24) is 10.3 Å². The second kappa shape index (κ2) is 5.32. The number of benzene rings is 1. The Labute approximate surface area is 108 Å². The molecule has 18 heavy (non-hydrogen) atoms. The summed E-state index contributed by atoms with van der Waals surface area (Å²) in [7, 11) is 0. The van der Waals surface area contributed by atoms with Crippen LogP contribution in [0.1, 0.15) is 31.0 Å². The third kappa shape index (κ3) is 2.44. The molecule has 0 bridgehead atoms. The Morgan fingerprint density at radius 2 is 1.89 bits per heavy atom. The van der Waals surface area contributed by atoms with Gasteiger partial charge in [0.25, 0.3) is 0 Å². The molecule has 2 nitrogen and oxygen atoms in total. The maximum Gasteiger partial charge on any atom is 0.0579 e. The van der Waals surface area contributed by atoms with E-state index in [9.17, 15) is 0 Å². The van der Waals surface area contributed by atoms with E-state index in [1.807, 2.05) is 12.3 Å². The summed E-state index contributed by atoms with van der Waals surface area (Å²) in [5.74, 6) is 0. The minimum Gasteiger partial charge on any atom is -0.309 e. The van der Waals surface area contributed by atoms with Crippen LogP contribution in [0.15, 0.2) is 48.7 Å². The lowest BCUT2D eigenvalue weighted by Crippen LogP contribution is -2.27. The van der Waals surface area contributed by atoms with Crippen molar-refractivity contribution in [2.75, 3.05) is 6.54 Å². The van der Waals surface area contributed by atoms with Crippen LogP contribution in [0.2, 0.25) is 0 Å². The lowest BCUT2D eigenvalue weighted by atomic mass is 9.99. The smallest absolute Gasteiger partial charge is 0.0579 e. The van der Waals surface area contributed by atoms with Crippen molar-refractivity contribution in [1.29, 1.82) is 0 Å². The van der Waals surface area contributed by atoms with Crippen molar-refractivity contribution < 1.29 is 0 Å². The van der Waals surface area contributed by atoms with Gasteiger partial charge < -0.3 is 5.32 Å². The lowest BCUT2D eigenvalue weighted by molar-refractivity contribution is 0.405. The highest BCUT2D eigenvalue weighted by atomic mass is 14.9. The molecule has 1 saturated heterocycles. The topological polar surface area (TPSA) is 24.9 Å². The van der Waals surface area contributed by atoms with Gasteiger partial charge in [0, 0.05) is 12.2 Å². The molecule has 0 saturated carbocycles. The molecule has 3 rings (SSSR count). The van der Waals surface area contributed by atoms with Gasteiger partial charge in [-0.25, -0.2) is 0 Å². The van der Waals surface area contributed by atoms with Crippen LogP contribution in [-0.4, -0.2) is 11.5 Å². The molecule has 1 aliphatic rings. The van der Waals surface area contributed by atoms with Gasteiger partial charge in [0.2, 0.25) is 0 Å². The molecular formula is C16H18N2. The fourth-order valence-corrected chi connectivity index (χ4v) is 2.55. The van der Waals surface area contributed by atoms with E-state index >= 15 is 0 Å². The standard InChI is InChI=1S/C16H18N2/c1-2-6-13(7-3-1)14-9-11-18-16(12-14)15-8-4-5-10-17-15/h1-3,6-7,9,11-12,15,17H,4-5,8,10H2. The highest BCUT2D eigenvalue weighted by Crippen LogP contribution is 2.25. The van der Waals surface area contributed by atoms with E-state index in [1.165, 1.54) is 36.1 Å². The first-order valence-electron chi connectivity index (χ1n) is 6.68. The minimum absolute atomic E-state index is 0.433. The monoisotopic (exact) mass is 238 g/mol. The third-order valence-electron chi connectivity index (χ3n) is 3.56. The summed E-state index contributed by atoms with van der Waals surface area (Å²) in [6, 6.07) is 15.2. The van der Waals surface area contributed by atoms with Crippen molar-refractivity contribution in [3.8, 4) is 11.1 Å². The summed E-state index contributed by atoms with van der Waals surface area (Å²) in [6.07, 6.45) is 5.71. The van der Waals surface area contributed by atoms with E-state index < -0.39 is 0 Å². The molecule has 1 unspecified atom stereocenters. The van der Waals surface area contributed by atoms with Crippen LogP contribution < -0.4 is 5.32 Å². The van der Waals surface area contributed by atoms with E-state index in [-0.39, 0.29) is 0 Å². The zero-order valence-electron chi connectivity index (χ0n) is 10.5. The highest BCUT2D eigenvalue weighted by Gasteiger charge is 2.16. The average molecular weight is 238 g/mol. The van der Waals surface area contributed by atoms with E-state index in [0.29, 0.717) is 6.04 Å². The molecule has 2 heteroatoms. The van der Waals surface area contributed by atoms with Crippen LogP contribution >= 0.6 is 0 Å². The lowest BCUT2D eigenvalue weighted by Gasteiger charge is -2.23. The van der Waals surface area contributed by atoms with Gasteiger partial charge in [-0.2, -0.15) is 0 Å². The molecule has 0 amide bonds. The maximum atomic E-state index is 4.53. The summed E-state index contributed by atoms with van der Waals surface area (Å²) in [4.78, 5) is 4.53. The number of hydrogen-bond donors (Lipinski definition) is 1. The first-order valence-corrected chi connectivity index (χ1v) is 6.68. The summed E-state index contributed by atoms with van der Waals surface area (Å²) < 4.78 is 0. The van der Waals surface area contributed by atoms with Gasteiger partial charge in [-0.3, -0.25) is 4.98 Å². The summed E-state index contributed by atoms with van der Waals surface area (Å²) in [5.41, 5.74) is 3.70. The van der Waals surface area contributed by atoms with Crippen molar-refractivity contribution in [3.63, 3.8) is 0 Å². The Hall–Kier alpha value is -1.67. The summed E-state index contributed by atoms with van der Waals surface area (Å²) in [6.45, 7) is 1.11. The molecule has 1 aromatic heterocycles. The molecule has 1 fully saturated rings. The predicted molar refractivity (Wildman–Crippen MR) is 74.3 cm³/mol. The van der Waals surface area contributed by atoms with Crippen molar-refractivity contribution >= 4 is 0 Å². The average Bonchev–Trinajstić information content (AvgIpc) is 2.49. The fraction of sp³-hybridized carbons (Fsp3) is 0.312. The second-order valence-electron chi connectivity index (χ2n) is 4.84. The Kier molecular flexibility index (Phi) is 3.37. The molecule has 92 valence electrons. The van der Waals surface area contributed by atoms with E-state index in [4.69, 9.17) is 0 Å². The summed E-state index contributed by atoms with van der Waals surface area (Å²) >= 11 is 0. The number of rotatable bonds is 2. The SMILES string of the molecule is c1ccc(-c2ccnc(C3CCCCN3)c2)cc1. The molecule has 2 heterocycles. The predicted octanol–water partition coefficient (Wildman–Crippen LogP) is 3.56. The molecule has 1 aromatic carbocycles. The van der Waals surface area contributed by atoms with Gasteiger partial charge in [-0.05, 0) is 42.6 Å². The Morgan fingerprint density at radius 3 is 2.67 bits per heavy atom. The number of piperidine rings is 1. The normalized spacial score (nSPS) is 19.7. The van der Waals surface area contributed by atoms with Crippen molar-refractivity contribution in [2.24, 2.45) is 0 Å². The van der Waals surface area contributed by atoms with Crippen LogP contribution in [0.4, 0.5) is 0 Å². The van der Waals surface area contributed by atoms with E-state index in [0.717, 1.165) is 6.54 Å². The van der Waals surface area contributed by atoms with E-state index in [2.05, 4.69) is 46.7 Å². The van der Waals surface area contributed by atoms with Crippen molar-refractivity contribution in [3.05, 3.63) is 54.4 Å². The third-order valence-corrected chi connectivity index (χ3v) is 3.56. The molecule has 1 atom stereocenters. The summed E-state index contributed by atoms with van der Waals surface area (Å²) in [5, 5.41) is 3.55. The van der Waals surface area contributed by atoms with Gasteiger partial charge in [0.15, 0.2) is 0 Å². The van der Waals surface area contributed by atoms with Gasteiger partial charge in [-0.1, -0.05) is 36.8 Å². The number of nitrogens with zero attached hydrogens (tertiary/aromatic N) is 1. The van der Waals surface area contributed by atoms with E-state index in [1.54, 1.807) is 0 Å². The first kappa shape index (κ1) is 11.4. The molecule has 2 aromatic rings. The number of aromatic nitrogens is 1. The molecule has 0 aliphatic carbocycles. The van der Waals surface area contributed by atoms with Crippen LogP contribution in [0.25, 0.3) is 11.1 Å². The zero-order chi connectivity index (χ0) is 12.2. The largest absolute Gasteiger partial charge is 0.309 e. The molecule has 1 N–H and O–H groups in total. The Morgan fingerprint density at radius 1 is 1.00 bits per heavy atom. The van der Waals surface area contributed by atoms with Crippen LogP contribution in [-0.2, 0) is 0 Å². The minimum atomic E-state index is 0.433. The highest BCUT2D eigenvalue weighted by molar-refractivity contribution is 5.63. The fourth-order valence-electron chi connectivity index (χ4n) is 2.55. The maximum absolute atomic E-state index is 4.53. The van der Waals surface area contributed by atoms with Crippen LogP contribution in [0.3, 0.4) is 0 Å². The molecular weight excluding hydrogens is 220 g/mol. The quantitative estimate of drug-likeness (QED) is 0.865. The number of pyridine rings is 1. The number of nitrogens with one attached hydrogen (secondary N) is 1. The molecule has 0 spiro atoms. The second-order valence-corrected chi connectivity index (χ2v) is 4.84. The van der Waals surface area contributed by atoms with Gasteiger partial charge in [0.05, 0.1) is 5.69 Å². The zero-order valence-corrected chi connectivity index (χ0v) is 10.5. The Balaban J connectivity index is 1.89. The van der Waals surface area contributed by atoms with Crippen LogP contribution in [0.5, 0.6) is 0 Å². The Bertz CT molecular complexity index is 502. The molecule has 0 radical (unpaired) electrons. The molecule has 1 aliphatic heterocycles.